The molecule has 3 heteroatoms. The Morgan fingerprint density at radius 2 is 2.12 bits per heavy atom. The quantitative estimate of drug-likeness (QED) is 0.837. The summed E-state index contributed by atoms with van der Waals surface area (Å²) in [4.78, 5) is 0. The first kappa shape index (κ1) is 12.4. The Labute approximate surface area is 103 Å². The fraction of sp³-hybridized carbons (Fsp3) is 0.571. The van der Waals surface area contributed by atoms with Crippen LogP contribution in [0.4, 0.5) is 0 Å². The number of aryl methyl sites for hydroxylation is 1. The zero-order valence-corrected chi connectivity index (χ0v) is 10.4. The lowest BCUT2D eigenvalue weighted by molar-refractivity contribution is 0.0639. The van der Waals surface area contributed by atoms with Crippen molar-refractivity contribution in [3.63, 3.8) is 0 Å². The van der Waals surface area contributed by atoms with Gasteiger partial charge in [-0.2, -0.15) is 0 Å². The molecule has 17 heavy (non-hydrogen) atoms. The van der Waals surface area contributed by atoms with Gasteiger partial charge in [-0.15, -0.1) is 0 Å². The Morgan fingerprint density at radius 3 is 2.76 bits per heavy atom. The predicted octanol–water partition coefficient (Wildman–Crippen LogP) is 1.88. The second-order valence-corrected chi connectivity index (χ2v) is 4.75. The number of hydrogen-bond acceptors (Lipinski definition) is 3. The average molecular weight is 235 g/mol. The third-order valence-corrected chi connectivity index (χ3v) is 3.25. The van der Waals surface area contributed by atoms with Crippen LogP contribution in [0.15, 0.2) is 24.3 Å². The number of aliphatic hydroxyl groups is 1. The predicted molar refractivity (Wildman–Crippen MR) is 68.3 cm³/mol. The number of hydrogen-bond donors (Lipinski definition) is 2. The molecule has 0 saturated carbocycles. The molecule has 3 nitrogen and oxygen atoms in total. The van der Waals surface area contributed by atoms with E-state index < -0.39 is 6.10 Å². The van der Waals surface area contributed by atoms with Gasteiger partial charge >= 0.3 is 0 Å². The summed E-state index contributed by atoms with van der Waals surface area (Å²) in [6, 6.07) is 8.10. The molecule has 0 bridgehead atoms. The molecule has 1 aliphatic heterocycles. The molecule has 1 aliphatic rings. The normalized spacial score (nSPS) is 22.1. The molecule has 0 aromatic heterocycles. The largest absolute Gasteiger partial charge is 0.491 e. The van der Waals surface area contributed by atoms with E-state index in [1.165, 1.54) is 18.4 Å². The molecule has 94 valence electrons. The average Bonchev–Trinajstić information content (AvgIpc) is 2.39. The molecule has 0 unspecified atom stereocenters. The molecule has 2 N–H and O–H groups in total. The molecule has 1 aromatic carbocycles. The molecule has 0 radical (unpaired) electrons. The smallest absolute Gasteiger partial charge is 0.119 e. The van der Waals surface area contributed by atoms with Crippen molar-refractivity contribution in [3.05, 3.63) is 29.8 Å². The SMILES string of the molecule is Cc1ccc(OC[C@@H](O)[C@@H]2CCCCN2)cc1. The summed E-state index contributed by atoms with van der Waals surface area (Å²) in [5.74, 6) is 0.824. The fourth-order valence-corrected chi connectivity index (χ4v) is 2.14. The minimum absolute atomic E-state index is 0.189. The zero-order chi connectivity index (χ0) is 12.1. The first-order valence-corrected chi connectivity index (χ1v) is 6.36. The number of nitrogens with one attached hydrogen (secondary N) is 1. The van der Waals surface area contributed by atoms with Gasteiger partial charge < -0.3 is 15.2 Å². The van der Waals surface area contributed by atoms with E-state index in [4.69, 9.17) is 4.74 Å². The van der Waals surface area contributed by atoms with Crippen LogP contribution in [0.25, 0.3) is 0 Å². The summed E-state index contributed by atoms with van der Waals surface area (Å²) >= 11 is 0. The van der Waals surface area contributed by atoms with E-state index in [9.17, 15) is 5.11 Å². The first-order valence-electron chi connectivity index (χ1n) is 6.36. The van der Waals surface area contributed by atoms with Crippen LogP contribution in [0, 0.1) is 6.92 Å². The van der Waals surface area contributed by atoms with Crippen molar-refractivity contribution in [1.82, 2.24) is 5.32 Å². The zero-order valence-electron chi connectivity index (χ0n) is 10.4. The molecular formula is C14H21NO2. The van der Waals surface area contributed by atoms with Gasteiger partial charge in [0.15, 0.2) is 0 Å². The van der Waals surface area contributed by atoms with Crippen LogP contribution >= 0.6 is 0 Å². The van der Waals surface area contributed by atoms with E-state index in [-0.39, 0.29) is 6.04 Å². The molecule has 2 atom stereocenters. The number of piperidine rings is 1. The van der Waals surface area contributed by atoms with Crippen molar-refractivity contribution in [2.24, 2.45) is 0 Å². The highest BCUT2D eigenvalue weighted by atomic mass is 16.5. The first-order chi connectivity index (χ1) is 8.25. The molecule has 1 fully saturated rings. The maximum atomic E-state index is 10.0. The lowest BCUT2D eigenvalue weighted by atomic mass is 10.0. The number of benzene rings is 1. The molecule has 1 aromatic rings. The summed E-state index contributed by atoms with van der Waals surface area (Å²) in [6.45, 7) is 3.41. The Hall–Kier alpha value is -1.06. The van der Waals surface area contributed by atoms with Gasteiger partial charge in [0, 0.05) is 6.04 Å². The molecule has 2 rings (SSSR count). The van der Waals surface area contributed by atoms with Gasteiger partial charge in [0.05, 0.1) is 0 Å². The van der Waals surface area contributed by atoms with Crippen LogP contribution in [0.3, 0.4) is 0 Å². The van der Waals surface area contributed by atoms with Gasteiger partial charge in [-0.1, -0.05) is 24.1 Å². The highest BCUT2D eigenvalue weighted by Gasteiger charge is 2.21. The Kier molecular flexibility index (Phi) is 4.40. The standard InChI is InChI=1S/C14H21NO2/c1-11-5-7-12(8-6-11)17-10-14(16)13-4-2-3-9-15-13/h5-8,13-16H,2-4,9-10H2,1H3/t13-,14+/m0/s1. The monoisotopic (exact) mass is 235 g/mol. The number of aliphatic hydroxyl groups excluding tert-OH is 1. The second-order valence-electron chi connectivity index (χ2n) is 4.75. The molecule has 1 heterocycles. The summed E-state index contributed by atoms with van der Waals surface area (Å²) in [5.41, 5.74) is 1.21. The number of rotatable bonds is 4. The van der Waals surface area contributed by atoms with E-state index in [2.05, 4.69) is 5.32 Å². The molecule has 0 amide bonds. The summed E-state index contributed by atoms with van der Waals surface area (Å²) in [7, 11) is 0. The summed E-state index contributed by atoms with van der Waals surface area (Å²) in [6.07, 6.45) is 3.02. The fourth-order valence-electron chi connectivity index (χ4n) is 2.14. The van der Waals surface area contributed by atoms with Crippen LogP contribution in [0.2, 0.25) is 0 Å². The van der Waals surface area contributed by atoms with Crippen molar-refractivity contribution < 1.29 is 9.84 Å². The van der Waals surface area contributed by atoms with Gasteiger partial charge in [0.25, 0.3) is 0 Å². The highest BCUT2D eigenvalue weighted by molar-refractivity contribution is 5.26. The van der Waals surface area contributed by atoms with Gasteiger partial charge in [0.2, 0.25) is 0 Å². The van der Waals surface area contributed by atoms with Gasteiger partial charge in [0.1, 0.15) is 18.5 Å². The second kappa shape index (κ2) is 6.03. The summed E-state index contributed by atoms with van der Waals surface area (Å²) in [5, 5.41) is 13.3. The van der Waals surface area contributed by atoms with E-state index >= 15 is 0 Å². The Bertz CT molecular complexity index is 331. The molecule has 1 saturated heterocycles. The van der Waals surface area contributed by atoms with E-state index in [0.717, 1.165) is 18.7 Å². The topological polar surface area (TPSA) is 41.5 Å². The van der Waals surface area contributed by atoms with Gasteiger partial charge in [-0.25, -0.2) is 0 Å². The maximum Gasteiger partial charge on any atom is 0.119 e. The van der Waals surface area contributed by atoms with E-state index in [0.29, 0.717) is 6.61 Å². The van der Waals surface area contributed by atoms with Crippen molar-refractivity contribution in [1.29, 1.82) is 0 Å². The summed E-state index contributed by atoms with van der Waals surface area (Å²) < 4.78 is 5.59. The number of ether oxygens (including phenoxy) is 1. The minimum Gasteiger partial charge on any atom is -0.491 e. The Morgan fingerprint density at radius 1 is 1.35 bits per heavy atom. The van der Waals surface area contributed by atoms with Crippen molar-refractivity contribution >= 4 is 0 Å². The van der Waals surface area contributed by atoms with Crippen LogP contribution in [0.1, 0.15) is 24.8 Å². The van der Waals surface area contributed by atoms with Crippen molar-refractivity contribution in [3.8, 4) is 5.75 Å². The van der Waals surface area contributed by atoms with Crippen LogP contribution in [-0.2, 0) is 0 Å². The lowest BCUT2D eigenvalue weighted by Gasteiger charge is -2.27. The van der Waals surface area contributed by atoms with Crippen LogP contribution in [0.5, 0.6) is 5.75 Å². The Balaban J connectivity index is 1.78. The van der Waals surface area contributed by atoms with Crippen molar-refractivity contribution in [2.75, 3.05) is 13.2 Å². The third-order valence-electron chi connectivity index (χ3n) is 3.25. The molecule has 0 aliphatic carbocycles. The van der Waals surface area contributed by atoms with E-state index in [1.807, 2.05) is 31.2 Å². The highest BCUT2D eigenvalue weighted by Crippen LogP contribution is 2.14. The van der Waals surface area contributed by atoms with E-state index in [1.54, 1.807) is 0 Å². The maximum absolute atomic E-state index is 10.0. The van der Waals surface area contributed by atoms with Gasteiger partial charge in [-0.3, -0.25) is 0 Å². The van der Waals surface area contributed by atoms with Crippen LogP contribution in [-0.4, -0.2) is 30.4 Å². The van der Waals surface area contributed by atoms with Gasteiger partial charge in [-0.05, 0) is 38.4 Å². The minimum atomic E-state index is -0.420. The lowest BCUT2D eigenvalue weighted by Crippen LogP contribution is -2.45. The van der Waals surface area contributed by atoms with Crippen LogP contribution < -0.4 is 10.1 Å². The molecule has 0 spiro atoms. The molecular weight excluding hydrogens is 214 g/mol. The van der Waals surface area contributed by atoms with Crippen molar-refractivity contribution in [2.45, 2.75) is 38.3 Å². The third kappa shape index (κ3) is 3.72.